The number of anilines is 2. The van der Waals surface area contributed by atoms with Crippen molar-refractivity contribution in [3.8, 4) is 11.1 Å². The van der Waals surface area contributed by atoms with E-state index >= 15 is 0 Å². The summed E-state index contributed by atoms with van der Waals surface area (Å²) in [6, 6.07) is 11.4. The lowest BCUT2D eigenvalue weighted by molar-refractivity contribution is -0.116. The SMILES string of the molecule is CB(O)c1ccc(NC(=O)CC(C)C)c(-c2ccc3c(N)nnc(C)c3c2)c1. The van der Waals surface area contributed by atoms with Crippen molar-refractivity contribution in [1.29, 1.82) is 0 Å². The Morgan fingerprint density at radius 2 is 1.93 bits per heavy atom. The van der Waals surface area contributed by atoms with Gasteiger partial charge in [0.25, 0.3) is 0 Å². The van der Waals surface area contributed by atoms with Crippen molar-refractivity contribution in [3.05, 3.63) is 42.1 Å². The molecule has 4 N–H and O–H groups in total. The number of rotatable bonds is 5. The van der Waals surface area contributed by atoms with Gasteiger partial charge < -0.3 is 16.1 Å². The molecule has 1 heterocycles. The molecule has 28 heavy (non-hydrogen) atoms. The van der Waals surface area contributed by atoms with Crippen LogP contribution in [-0.4, -0.2) is 28.0 Å². The second-order valence-corrected chi connectivity index (χ2v) is 7.56. The lowest BCUT2D eigenvalue weighted by atomic mass is 9.64. The van der Waals surface area contributed by atoms with Gasteiger partial charge in [0.05, 0.1) is 5.69 Å². The van der Waals surface area contributed by atoms with Crippen LogP contribution in [-0.2, 0) is 4.79 Å². The number of hydrogen-bond acceptors (Lipinski definition) is 5. The van der Waals surface area contributed by atoms with Crippen LogP contribution in [0, 0.1) is 12.8 Å². The average Bonchev–Trinajstić information content (AvgIpc) is 2.64. The zero-order chi connectivity index (χ0) is 20.4. The molecule has 0 aliphatic carbocycles. The van der Waals surface area contributed by atoms with Crippen molar-refractivity contribution >= 4 is 40.6 Å². The van der Waals surface area contributed by atoms with E-state index in [9.17, 15) is 9.82 Å². The molecule has 0 fully saturated rings. The molecule has 1 aromatic heterocycles. The van der Waals surface area contributed by atoms with Crippen molar-refractivity contribution in [2.24, 2.45) is 5.92 Å². The van der Waals surface area contributed by atoms with Gasteiger partial charge >= 0.3 is 6.92 Å². The average molecular weight is 376 g/mol. The third-order valence-electron chi connectivity index (χ3n) is 4.70. The Kier molecular flexibility index (Phi) is 5.65. The lowest BCUT2D eigenvalue weighted by Gasteiger charge is -2.15. The van der Waals surface area contributed by atoms with Crippen LogP contribution in [0.1, 0.15) is 26.0 Å². The minimum atomic E-state index is -0.608. The largest absolute Gasteiger partial charge is 0.447 e. The molecule has 0 atom stereocenters. The van der Waals surface area contributed by atoms with Gasteiger partial charge in [-0.3, -0.25) is 4.79 Å². The number of aryl methyl sites for hydroxylation is 1. The Bertz CT molecular complexity index is 1030. The fraction of sp³-hybridized carbons (Fsp3) is 0.286. The standard InChI is InChI=1S/C21H25BN4O2/c1-12(2)9-20(27)24-19-8-6-15(22(4)28)11-18(19)14-5-7-16-17(10-14)13(3)25-26-21(16)23/h5-8,10-12,28H,9H2,1-4H3,(H2,23,26)(H,24,27). The fourth-order valence-electron chi connectivity index (χ4n) is 3.21. The molecule has 7 heteroatoms. The molecule has 3 rings (SSSR count). The fourth-order valence-corrected chi connectivity index (χ4v) is 3.21. The van der Waals surface area contributed by atoms with Crippen LogP contribution >= 0.6 is 0 Å². The maximum atomic E-state index is 12.3. The van der Waals surface area contributed by atoms with Crippen LogP contribution in [0.15, 0.2) is 36.4 Å². The van der Waals surface area contributed by atoms with Gasteiger partial charge in [-0.2, -0.15) is 5.10 Å². The molecular weight excluding hydrogens is 351 g/mol. The molecule has 3 aromatic rings. The van der Waals surface area contributed by atoms with E-state index in [1.807, 2.05) is 57.2 Å². The van der Waals surface area contributed by atoms with E-state index in [2.05, 4.69) is 15.5 Å². The van der Waals surface area contributed by atoms with Crippen molar-refractivity contribution in [2.75, 3.05) is 11.1 Å². The molecule has 0 aliphatic heterocycles. The molecule has 0 unspecified atom stereocenters. The van der Waals surface area contributed by atoms with Gasteiger partial charge in [0.1, 0.15) is 0 Å². The van der Waals surface area contributed by atoms with E-state index in [1.165, 1.54) is 0 Å². The third kappa shape index (κ3) is 4.15. The molecule has 0 aliphatic rings. The number of aromatic nitrogens is 2. The summed E-state index contributed by atoms with van der Waals surface area (Å²) in [4.78, 5) is 12.3. The highest BCUT2D eigenvalue weighted by Gasteiger charge is 2.15. The van der Waals surface area contributed by atoms with Gasteiger partial charge in [0.2, 0.25) is 5.91 Å². The first-order valence-corrected chi connectivity index (χ1v) is 9.41. The van der Waals surface area contributed by atoms with Crippen molar-refractivity contribution < 1.29 is 9.82 Å². The molecule has 0 saturated heterocycles. The summed E-state index contributed by atoms with van der Waals surface area (Å²) in [5, 5.41) is 22.8. The Morgan fingerprint density at radius 3 is 2.61 bits per heavy atom. The normalized spacial score (nSPS) is 11.1. The summed E-state index contributed by atoms with van der Waals surface area (Å²) < 4.78 is 0. The van der Waals surface area contributed by atoms with E-state index in [-0.39, 0.29) is 11.8 Å². The highest BCUT2D eigenvalue weighted by Crippen LogP contribution is 2.32. The number of fused-ring (bicyclic) bond motifs is 1. The van der Waals surface area contributed by atoms with Gasteiger partial charge in [-0.05, 0) is 42.1 Å². The molecule has 0 spiro atoms. The highest BCUT2D eigenvalue weighted by atomic mass is 16.2. The van der Waals surface area contributed by atoms with E-state index in [0.717, 1.165) is 33.1 Å². The second kappa shape index (κ2) is 7.98. The van der Waals surface area contributed by atoms with Gasteiger partial charge in [0.15, 0.2) is 5.82 Å². The van der Waals surface area contributed by atoms with Crippen LogP contribution in [0.5, 0.6) is 0 Å². The number of benzene rings is 2. The number of nitrogens with one attached hydrogen (secondary N) is 1. The molecule has 1 amide bonds. The van der Waals surface area contributed by atoms with E-state index in [1.54, 1.807) is 6.82 Å². The highest BCUT2D eigenvalue weighted by molar-refractivity contribution is 6.64. The molecule has 6 nitrogen and oxygen atoms in total. The van der Waals surface area contributed by atoms with Gasteiger partial charge in [-0.15, -0.1) is 5.10 Å². The van der Waals surface area contributed by atoms with Crippen molar-refractivity contribution in [1.82, 2.24) is 10.2 Å². The Labute approximate surface area is 165 Å². The number of carbonyl (C=O) groups excluding carboxylic acids is 1. The minimum Gasteiger partial charge on any atom is -0.447 e. The van der Waals surface area contributed by atoms with E-state index < -0.39 is 6.92 Å². The lowest BCUT2D eigenvalue weighted by Crippen LogP contribution is -2.26. The maximum Gasteiger partial charge on any atom is 0.320 e. The Morgan fingerprint density at radius 1 is 1.18 bits per heavy atom. The third-order valence-corrected chi connectivity index (χ3v) is 4.70. The zero-order valence-electron chi connectivity index (χ0n) is 16.7. The summed E-state index contributed by atoms with van der Waals surface area (Å²) in [6.07, 6.45) is 0.445. The van der Waals surface area contributed by atoms with Crippen molar-refractivity contribution in [3.63, 3.8) is 0 Å². The summed E-state index contributed by atoms with van der Waals surface area (Å²) in [5.74, 6) is 0.619. The number of nitrogens with zero attached hydrogens (tertiary/aromatic N) is 2. The van der Waals surface area contributed by atoms with Crippen LogP contribution in [0.2, 0.25) is 6.82 Å². The molecule has 144 valence electrons. The van der Waals surface area contributed by atoms with E-state index in [4.69, 9.17) is 5.73 Å². The summed E-state index contributed by atoms with van der Waals surface area (Å²) in [6.45, 7) is 7.01. The first kappa shape index (κ1) is 19.8. The van der Waals surface area contributed by atoms with Crippen LogP contribution in [0.25, 0.3) is 21.9 Å². The maximum absolute atomic E-state index is 12.3. The van der Waals surface area contributed by atoms with E-state index in [0.29, 0.717) is 17.9 Å². The van der Waals surface area contributed by atoms with Crippen molar-refractivity contribution in [2.45, 2.75) is 34.0 Å². The monoisotopic (exact) mass is 376 g/mol. The number of amides is 1. The number of carbonyl (C=O) groups is 1. The van der Waals surface area contributed by atoms with Gasteiger partial charge in [-0.25, -0.2) is 0 Å². The summed E-state index contributed by atoms with van der Waals surface area (Å²) in [5.41, 5.74) is 9.97. The van der Waals surface area contributed by atoms with Crippen LogP contribution < -0.4 is 16.5 Å². The van der Waals surface area contributed by atoms with Gasteiger partial charge in [0, 0.05) is 28.4 Å². The predicted octanol–water partition coefficient (Wildman–Crippen LogP) is 2.99. The molecule has 0 saturated carbocycles. The van der Waals surface area contributed by atoms with Gasteiger partial charge in [-0.1, -0.05) is 38.9 Å². The second-order valence-electron chi connectivity index (χ2n) is 7.56. The molecular formula is C21H25BN4O2. The number of nitrogens with two attached hydrogens (primary N) is 1. The Balaban J connectivity index is 2.13. The minimum absolute atomic E-state index is 0.0341. The van der Waals surface area contributed by atoms with Crippen LogP contribution in [0.3, 0.4) is 0 Å². The topological polar surface area (TPSA) is 101 Å². The smallest absolute Gasteiger partial charge is 0.320 e. The first-order chi connectivity index (χ1) is 13.3. The number of nitrogen functional groups attached to an aromatic ring is 1. The number of hydrogen-bond donors (Lipinski definition) is 3. The Hall–Kier alpha value is -2.93. The summed E-state index contributed by atoms with van der Waals surface area (Å²) >= 11 is 0. The zero-order valence-corrected chi connectivity index (χ0v) is 16.7. The first-order valence-electron chi connectivity index (χ1n) is 9.41. The molecule has 2 aromatic carbocycles. The van der Waals surface area contributed by atoms with Crippen LogP contribution in [0.4, 0.5) is 11.5 Å². The summed E-state index contributed by atoms with van der Waals surface area (Å²) in [7, 11) is 0. The molecule has 0 bridgehead atoms. The predicted molar refractivity (Wildman–Crippen MR) is 116 cm³/mol. The quantitative estimate of drug-likeness (QED) is 0.595. The molecule has 0 radical (unpaired) electrons.